The van der Waals surface area contributed by atoms with Crippen LogP contribution >= 0.6 is 0 Å². The van der Waals surface area contributed by atoms with Crippen LogP contribution in [0, 0.1) is 0 Å². The molecule has 2 aromatic rings. The van der Waals surface area contributed by atoms with Crippen molar-refractivity contribution in [1.82, 2.24) is 14.6 Å². The summed E-state index contributed by atoms with van der Waals surface area (Å²) in [5.74, 6) is 0.423. The van der Waals surface area contributed by atoms with Gasteiger partial charge in [-0.1, -0.05) is 0 Å². The number of morpholine rings is 1. The Morgan fingerprint density at radius 1 is 1.41 bits per heavy atom. The molecular weight excluding hydrogens is 284 g/mol. The van der Waals surface area contributed by atoms with Crippen LogP contribution in [0.15, 0.2) is 18.5 Å². The largest absolute Gasteiger partial charge is 0.462 e. The number of nitrogens with zero attached hydrogens (tertiary/aromatic N) is 4. The number of carbonyl (C=O) groups is 1. The van der Waals surface area contributed by atoms with E-state index < -0.39 is 5.97 Å². The highest BCUT2D eigenvalue weighted by molar-refractivity contribution is 5.95. The van der Waals surface area contributed by atoms with E-state index in [1.807, 2.05) is 26.1 Å². The number of rotatable bonds is 3. The van der Waals surface area contributed by atoms with E-state index in [0.717, 1.165) is 18.9 Å². The highest BCUT2D eigenvalue weighted by atomic mass is 16.5. The fourth-order valence-corrected chi connectivity index (χ4v) is 2.75. The van der Waals surface area contributed by atoms with E-state index in [-0.39, 0.29) is 12.2 Å². The van der Waals surface area contributed by atoms with Crippen molar-refractivity contribution in [2.24, 2.45) is 0 Å². The Morgan fingerprint density at radius 3 is 2.82 bits per heavy atom. The fourth-order valence-electron chi connectivity index (χ4n) is 2.75. The molecular formula is C15H20N4O3. The van der Waals surface area contributed by atoms with Gasteiger partial charge in [-0.3, -0.25) is 0 Å². The molecule has 118 valence electrons. The molecule has 0 saturated carbocycles. The topological polar surface area (TPSA) is 69.0 Å². The zero-order valence-electron chi connectivity index (χ0n) is 13.0. The van der Waals surface area contributed by atoms with E-state index in [2.05, 4.69) is 15.0 Å². The Morgan fingerprint density at radius 2 is 2.14 bits per heavy atom. The minimum absolute atomic E-state index is 0.149. The van der Waals surface area contributed by atoms with Crippen LogP contribution in [-0.4, -0.2) is 52.5 Å². The minimum atomic E-state index is -0.397. The van der Waals surface area contributed by atoms with Crippen LogP contribution in [0.25, 0.3) is 5.65 Å². The van der Waals surface area contributed by atoms with Gasteiger partial charge in [-0.25, -0.2) is 14.3 Å². The molecule has 0 unspecified atom stereocenters. The summed E-state index contributed by atoms with van der Waals surface area (Å²) in [6.45, 7) is 7.74. The molecule has 3 heterocycles. The Hall–Kier alpha value is -2.15. The molecule has 0 radical (unpaired) electrons. The van der Waals surface area contributed by atoms with Crippen LogP contribution in [0.2, 0.25) is 0 Å². The first kappa shape index (κ1) is 14.8. The number of esters is 1. The van der Waals surface area contributed by atoms with E-state index in [0.29, 0.717) is 17.8 Å². The maximum Gasteiger partial charge on any atom is 0.343 e. The predicted octanol–water partition coefficient (Wildman–Crippen LogP) is 1.52. The van der Waals surface area contributed by atoms with Gasteiger partial charge in [-0.05, 0) is 26.8 Å². The SMILES string of the molecule is CCOC(=O)c1cnn2ccc(N3C[C@@H](C)O[C@@H](C)C3)nc12. The lowest BCUT2D eigenvalue weighted by Gasteiger charge is -2.36. The molecule has 0 N–H and O–H groups in total. The van der Waals surface area contributed by atoms with Crippen LogP contribution in [0.5, 0.6) is 0 Å². The van der Waals surface area contributed by atoms with E-state index in [1.165, 1.54) is 6.20 Å². The summed E-state index contributed by atoms with van der Waals surface area (Å²) in [4.78, 5) is 18.7. The van der Waals surface area contributed by atoms with Gasteiger partial charge in [-0.15, -0.1) is 0 Å². The molecule has 7 heteroatoms. The molecule has 1 fully saturated rings. The molecule has 1 saturated heterocycles. The second-order valence-corrected chi connectivity index (χ2v) is 5.49. The molecule has 7 nitrogen and oxygen atoms in total. The van der Waals surface area contributed by atoms with E-state index >= 15 is 0 Å². The van der Waals surface area contributed by atoms with Crippen LogP contribution in [-0.2, 0) is 9.47 Å². The smallest absolute Gasteiger partial charge is 0.343 e. The van der Waals surface area contributed by atoms with Crippen LogP contribution in [0.3, 0.4) is 0 Å². The van der Waals surface area contributed by atoms with Gasteiger partial charge in [0.05, 0.1) is 25.0 Å². The van der Waals surface area contributed by atoms with Gasteiger partial charge in [0, 0.05) is 19.3 Å². The van der Waals surface area contributed by atoms with Gasteiger partial charge in [0.1, 0.15) is 11.4 Å². The standard InChI is InChI=1S/C15H20N4O3/c1-4-21-15(20)12-7-16-19-6-5-13(17-14(12)19)18-8-10(2)22-11(3)9-18/h5-7,10-11H,4,8-9H2,1-3H3/t10-,11+. The number of hydrogen-bond acceptors (Lipinski definition) is 6. The van der Waals surface area contributed by atoms with Crippen molar-refractivity contribution in [2.75, 3.05) is 24.6 Å². The number of aromatic nitrogens is 3. The summed E-state index contributed by atoms with van der Waals surface area (Å²) in [5.41, 5.74) is 0.904. The number of fused-ring (bicyclic) bond motifs is 1. The average molecular weight is 304 g/mol. The molecule has 0 spiro atoms. The van der Waals surface area contributed by atoms with Gasteiger partial charge in [-0.2, -0.15) is 5.10 Å². The molecule has 0 aliphatic carbocycles. The van der Waals surface area contributed by atoms with Crippen molar-refractivity contribution in [2.45, 2.75) is 33.0 Å². The third kappa shape index (κ3) is 2.76. The minimum Gasteiger partial charge on any atom is -0.462 e. The molecule has 1 aliphatic rings. The van der Waals surface area contributed by atoms with E-state index in [1.54, 1.807) is 11.4 Å². The van der Waals surface area contributed by atoms with Gasteiger partial charge in [0.25, 0.3) is 0 Å². The Balaban J connectivity index is 1.94. The molecule has 0 amide bonds. The summed E-state index contributed by atoms with van der Waals surface area (Å²) in [7, 11) is 0. The van der Waals surface area contributed by atoms with Crippen LogP contribution < -0.4 is 4.90 Å². The summed E-state index contributed by atoms with van der Waals surface area (Å²) in [6.07, 6.45) is 3.60. The second-order valence-electron chi connectivity index (χ2n) is 5.49. The first-order chi connectivity index (χ1) is 10.6. The normalized spacial score (nSPS) is 22.0. The van der Waals surface area contributed by atoms with Crippen LogP contribution in [0.1, 0.15) is 31.1 Å². The fraction of sp³-hybridized carbons (Fsp3) is 0.533. The molecule has 2 atom stereocenters. The van der Waals surface area contributed by atoms with Gasteiger partial charge < -0.3 is 14.4 Å². The Kier molecular flexibility index (Phi) is 3.98. The zero-order valence-corrected chi connectivity index (χ0v) is 13.0. The number of ether oxygens (including phenoxy) is 2. The molecule has 1 aliphatic heterocycles. The van der Waals surface area contributed by atoms with Gasteiger partial charge in [0.2, 0.25) is 0 Å². The lowest BCUT2D eigenvalue weighted by atomic mass is 10.2. The molecule has 22 heavy (non-hydrogen) atoms. The third-order valence-electron chi connectivity index (χ3n) is 3.59. The van der Waals surface area contributed by atoms with Gasteiger partial charge >= 0.3 is 5.97 Å². The Bertz CT molecular complexity index is 674. The van der Waals surface area contributed by atoms with Crippen molar-refractivity contribution < 1.29 is 14.3 Å². The van der Waals surface area contributed by atoms with Crippen molar-refractivity contribution in [3.63, 3.8) is 0 Å². The number of hydrogen-bond donors (Lipinski definition) is 0. The highest BCUT2D eigenvalue weighted by Crippen LogP contribution is 2.20. The first-order valence-corrected chi connectivity index (χ1v) is 7.50. The Labute approximate surface area is 128 Å². The summed E-state index contributed by atoms with van der Waals surface area (Å²) in [5, 5.41) is 4.15. The molecule has 3 rings (SSSR count). The molecule has 0 bridgehead atoms. The summed E-state index contributed by atoms with van der Waals surface area (Å²) < 4.78 is 12.4. The van der Waals surface area contributed by atoms with Crippen molar-refractivity contribution in [1.29, 1.82) is 0 Å². The lowest BCUT2D eigenvalue weighted by Crippen LogP contribution is -2.45. The number of carbonyl (C=O) groups excluding carboxylic acids is 1. The monoisotopic (exact) mass is 304 g/mol. The van der Waals surface area contributed by atoms with E-state index in [9.17, 15) is 4.79 Å². The first-order valence-electron chi connectivity index (χ1n) is 7.50. The number of anilines is 1. The van der Waals surface area contributed by atoms with E-state index in [4.69, 9.17) is 9.47 Å². The summed E-state index contributed by atoms with van der Waals surface area (Å²) >= 11 is 0. The van der Waals surface area contributed by atoms with Crippen molar-refractivity contribution in [3.05, 3.63) is 24.0 Å². The lowest BCUT2D eigenvalue weighted by molar-refractivity contribution is -0.00546. The van der Waals surface area contributed by atoms with Crippen molar-refractivity contribution in [3.8, 4) is 0 Å². The maximum absolute atomic E-state index is 12.0. The third-order valence-corrected chi connectivity index (χ3v) is 3.59. The second kappa shape index (κ2) is 5.92. The summed E-state index contributed by atoms with van der Waals surface area (Å²) in [6, 6.07) is 1.90. The average Bonchev–Trinajstić information content (AvgIpc) is 2.89. The van der Waals surface area contributed by atoms with Gasteiger partial charge in [0.15, 0.2) is 5.65 Å². The highest BCUT2D eigenvalue weighted by Gasteiger charge is 2.24. The molecule has 2 aromatic heterocycles. The maximum atomic E-state index is 12.0. The van der Waals surface area contributed by atoms with Crippen LogP contribution in [0.4, 0.5) is 5.82 Å². The quantitative estimate of drug-likeness (QED) is 0.801. The molecule has 0 aromatic carbocycles. The van der Waals surface area contributed by atoms with Crippen molar-refractivity contribution >= 4 is 17.4 Å². The zero-order chi connectivity index (χ0) is 15.7. The predicted molar refractivity (Wildman–Crippen MR) is 81.2 cm³/mol.